The summed E-state index contributed by atoms with van der Waals surface area (Å²) in [6, 6.07) is 4.10. The summed E-state index contributed by atoms with van der Waals surface area (Å²) in [6.45, 7) is 3.22. The Morgan fingerprint density at radius 2 is 2.28 bits per heavy atom. The fourth-order valence-electron chi connectivity index (χ4n) is 2.16. The van der Waals surface area contributed by atoms with Gasteiger partial charge in [-0.25, -0.2) is 0 Å². The number of rotatable bonds is 4. The zero-order valence-electron chi connectivity index (χ0n) is 10.8. The molecule has 1 aliphatic carbocycles. The number of hydrogen-bond acceptors (Lipinski definition) is 4. The van der Waals surface area contributed by atoms with Crippen molar-refractivity contribution in [1.82, 2.24) is 15.0 Å². The van der Waals surface area contributed by atoms with E-state index in [0.29, 0.717) is 5.54 Å². The molecule has 2 aromatic heterocycles. The first kappa shape index (κ1) is 11.4. The minimum absolute atomic E-state index is 0.377. The molecule has 0 amide bonds. The molecule has 94 valence electrons. The number of hydrogen-bond donors (Lipinski definition) is 0. The summed E-state index contributed by atoms with van der Waals surface area (Å²) in [7, 11) is 2.18. The van der Waals surface area contributed by atoms with Gasteiger partial charge in [0.05, 0.1) is 17.5 Å². The predicted octanol–water partition coefficient (Wildman–Crippen LogP) is 2.72. The smallest absolute Gasteiger partial charge is 0.133 e. The van der Waals surface area contributed by atoms with Gasteiger partial charge in [0.2, 0.25) is 0 Å². The van der Waals surface area contributed by atoms with Crippen LogP contribution in [0.15, 0.2) is 35.3 Å². The molecular weight excluding hydrogens is 226 g/mol. The van der Waals surface area contributed by atoms with Gasteiger partial charge in [-0.2, -0.15) is 0 Å². The maximum atomic E-state index is 4.90. The first-order chi connectivity index (χ1) is 8.69. The second-order valence-corrected chi connectivity index (χ2v) is 5.28. The van der Waals surface area contributed by atoms with Crippen molar-refractivity contribution >= 4 is 0 Å². The Morgan fingerprint density at radius 1 is 1.44 bits per heavy atom. The van der Waals surface area contributed by atoms with Crippen molar-refractivity contribution in [2.45, 2.75) is 31.8 Å². The summed E-state index contributed by atoms with van der Waals surface area (Å²) in [5.41, 5.74) is 3.51. The summed E-state index contributed by atoms with van der Waals surface area (Å²) in [5.74, 6) is 0. The fraction of sp³-hybridized carbons (Fsp3) is 0.429. The van der Waals surface area contributed by atoms with E-state index in [2.05, 4.69) is 35.1 Å². The molecule has 2 heterocycles. The molecule has 3 rings (SSSR count). The van der Waals surface area contributed by atoms with E-state index in [-0.39, 0.29) is 0 Å². The molecule has 4 nitrogen and oxygen atoms in total. The predicted molar refractivity (Wildman–Crippen MR) is 68.8 cm³/mol. The quantitative estimate of drug-likeness (QED) is 0.828. The van der Waals surface area contributed by atoms with Crippen molar-refractivity contribution in [2.75, 3.05) is 7.05 Å². The van der Waals surface area contributed by atoms with Crippen LogP contribution in [0.3, 0.4) is 0 Å². The van der Waals surface area contributed by atoms with E-state index in [4.69, 9.17) is 4.52 Å². The van der Waals surface area contributed by atoms with Gasteiger partial charge in [0.25, 0.3) is 0 Å². The summed E-state index contributed by atoms with van der Waals surface area (Å²) >= 11 is 0. The van der Waals surface area contributed by atoms with Gasteiger partial charge in [0.15, 0.2) is 0 Å². The molecule has 1 aliphatic rings. The molecule has 0 saturated heterocycles. The lowest BCUT2D eigenvalue weighted by atomic mass is 10.1. The van der Waals surface area contributed by atoms with E-state index in [1.165, 1.54) is 18.4 Å². The molecule has 4 heteroatoms. The van der Waals surface area contributed by atoms with Gasteiger partial charge in [-0.05, 0) is 38.4 Å². The molecule has 0 N–H and O–H groups in total. The van der Waals surface area contributed by atoms with E-state index >= 15 is 0 Å². The minimum Gasteiger partial charge on any atom is -0.364 e. The highest BCUT2D eigenvalue weighted by atomic mass is 16.5. The van der Waals surface area contributed by atoms with Crippen LogP contribution in [0.2, 0.25) is 0 Å². The average Bonchev–Trinajstić information content (AvgIpc) is 2.93. The Morgan fingerprint density at radius 3 is 2.94 bits per heavy atom. The van der Waals surface area contributed by atoms with Crippen LogP contribution < -0.4 is 0 Å². The molecule has 0 spiro atoms. The number of nitrogens with zero attached hydrogens (tertiary/aromatic N) is 3. The summed E-state index contributed by atoms with van der Waals surface area (Å²) in [4.78, 5) is 6.85. The lowest BCUT2D eigenvalue weighted by Crippen LogP contribution is -2.30. The van der Waals surface area contributed by atoms with Gasteiger partial charge in [-0.3, -0.25) is 9.88 Å². The van der Waals surface area contributed by atoms with Gasteiger partial charge in [0.1, 0.15) is 6.26 Å². The van der Waals surface area contributed by atoms with Crippen LogP contribution in [0.1, 0.15) is 25.3 Å². The largest absolute Gasteiger partial charge is 0.364 e. The van der Waals surface area contributed by atoms with E-state index in [9.17, 15) is 0 Å². The Labute approximate surface area is 107 Å². The second-order valence-electron chi connectivity index (χ2n) is 5.28. The first-order valence-electron chi connectivity index (χ1n) is 6.24. The van der Waals surface area contributed by atoms with E-state index in [1.54, 1.807) is 12.5 Å². The van der Waals surface area contributed by atoms with E-state index in [1.807, 2.05) is 12.3 Å². The average molecular weight is 243 g/mol. The minimum atomic E-state index is 0.377. The molecule has 1 saturated carbocycles. The summed E-state index contributed by atoms with van der Waals surface area (Å²) < 4.78 is 4.90. The van der Waals surface area contributed by atoms with E-state index in [0.717, 1.165) is 17.8 Å². The normalized spacial score (nSPS) is 17.1. The van der Waals surface area contributed by atoms with Gasteiger partial charge < -0.3 is 4.52 Å². The second kappa shape index (κ2) is 4.21. The lowest BCUT2D eigenvalue weighted by Gasteiger charge is -2.24. The van der Waals surface area contributed by atoms with E-state index < -0.39 is 0 Å². The number of aromatic nitrogens is 2. The lowest BCUT2D eigenvalue weighted by molar-refractivity contribution is 0.230. The van der Waals surface area contributed by atoms with Crippen LogP contribution >= 0.6 is 0 Å². The zero-order chi connectivity index (χ0) is 12.6. The molecule has 0 radical (unpaired) electrons. The Balaban J connectivity index is 1.88. The van der Waals surface area contributed by atoms with Crippen LogP contribution in [0, 0.1) is 0 Å². The number of pyridine rings is 1. The molecule has 2 aromatic rings. The topological polar surface area (TPSA) is 42.2 Å². The standard InChI is InChI=1S/C14H17N3O/c1-14(5-6-14)17(2)9-11-4-3-7-15-13(11)12-8-16-18-10-12/h3-4,7-8,10H,5-6,9H2,1-2H3. The first-order valence-corrected chi connectivity index (χ1v) is 6.24. The fourth-order valence-corrected chi connectivity index (χ4v) is 2.16. The molecule has 0 aliphatic heterocycles. The van der Waals surface area contributed by atoms with Crippen molar-refractivity contribution in [2.24, 2.45) is 0 Å². The molecule has 1 fully saturated rings. The third kappa shape index (κ3) is 2.04. The van der Waals surface area contributed by atoms with Gasteiger partial charge >= 0.3 is 0 Å². The van der Waals surface area contributed by atoms with Crippen LogP contribution in [-0.4, -0.2) is 27.6 Å². The van der Waals surface area contributed by atoms with Crippen LogP contribution in [-0.2, 0) is 6.54 Å². The van der Waals surface area contributed by atoms with Gasteiger partial charge in [-0.1, -0.05) is 11.2 Å². The highest BCUT2D eigenvalue weighted by molar-refractivity contribution is 5.60. The maximum absolute atomic E-state index is 4.90. The van der Waals surface area contributed by atoms with Crippen LogP contribution in [0.4, 0.5) is 0 Å². The van der Waals surface area contributed by atoms with Crippen molar-refractivity contribution in [3.05, 3.63) is 36.4 Å². The van der Waals surface area contributed by atoms with Crippen LogP contribution in [0.25, 0.3) is 11.3 Å². The molecule has 0 unspecified atom stereocenters. The SMILES string of the molecule is CN(Cc1cccnc1-c1cnoc1)C1(C)CC1. The zero-order valence-corrected chi connectivity index (χ0v) is 10.8. The van der Waals surface area contributed by atoms with Crippen molar-refractivity contribution in [3.8, 4) is 11.3 Å². The summed E-state index contributed by atoms with van der Waals surface area (Å²) in [6.07, 6.45) is 7.73. The van der Waals surface area contributed by atoms with Crippen molar-refractivity contribution < 1.29 is 4.52 Å². The Hall–Kier alpha value is -1.68. The van der Waals surface area contributed by atoms with Gasteiger partial charge in [-0.15, -0.1) is 0 Å². The Kier molecular flexibility index (Phi) is 2.67. The Bertz CT molecular complexity index is 532. The van der Waals surface area contributed by atoms with Crippen molar-refractivity contribution in [3.63, 3.8) is 0 Å². The maximum Gasteiger partial charge on any atom is 0.133 e. The molecule has 18 heavy (non-hydrogen) atoms. The highest BCUT2D eigenvalue weighted by Gasteiger charge is 2.41. The third-order valence-electron chi connectivity index (χ3n) is 3.90. The third-order valence-corrected chi connectivity index (χ3v) is 3.90. The van der Waals surface area contributed by atoms with Gasteiger partial charge in [0, 0.05) is 18.3 Å². The molecule has 0 bridgehead atoms. The molecular formula is C14H17N3O. The monoisotopic (exact) mass is 243 g/mol. The molecule has 0 atom stereocenters. The van der Waals surface area contributed by atoms with Crippen molar-refractivity contribution in [1.29, 1.82) is 0 Å². The molecule has 0 aromatic carbocycles. The highest BCUT2D eigenvalue weighted by Crippen LogP contribution is 2.41. The van der Waals surface area contributed by atoms with Crippen LogP contribution in [0.5, 0.6) is 0 Å². The summed E-state index contributed by atoms with van der Waals surface area (Å²) in [5, 5.41) is 3.75.